The normalized spacial score (nSPS) is 9.86. The van der Waals surface area contributed by atoms with Gasteiger partial charge in [-0.15, -0.1) is 0 Å². The quantitative estimate of drug-likeness (QED) is 0.349. The fourth-order valence-corrected chi connectivity index (χ4v) is 1.03. The van der Waals surface area contributed by atoms with Crippen LogP contribution in [0, 0.1) is 0 Å². The highest BCUT2D eigenvalue weighted by Crippen LogP contribution is 1.92. The van der Waals surface area contributed by atoms with Gasteiger partial charge in [0.1, 0.15) is 10.5 Å². The van der Waals surface area contributed by atoms with E-state index in [1.54, 1.807) is 0 Å². The van der Waals surface area contributed by atoms with E-state index in [-0.39, 0.29) is 0 Å². The van der Waals surface area contributed by atoms with Crippen LogP contribution < -0.4 is 0 Å². The molecule has 0 aromatic heterocycles. The summed E-state index contributed by atoms with van der Waals surface area (Å²) in [5, 5.41) is 1.11. The van der Waals surface area contributed by atoms with E-state index in [0.29, 0.717) is 0 Å². The SMILES string of the molecule is [SiH3]OCCCCBr. The van der Waals surface area contributed by atoms with Gasteiger partial charge in [-0.1, -0.05) is 15.9 Å². The highest BCUT2D eigenvalue weighted by molar-refractivity contribution is 9.09. The molecule has 0 fully saturated rings. The van der Waals surface area contributed by atoms with Crippen molar-refractivity contribution in [2.45, 2.75) is 12.8 Å². The Kier molecular flexibility index (Phi) is 7.28. The fraction of sp³-hybridized carbons (Fsp3) is 1.00. The van der Waals surface area contributed by atoms with Gasteiger partial charge >= 0.3 is 0 Å². The Morgan fingerprint density at radius 2 is 2.14 bits per heavy atom. The maximum atomic E-state index is 4.96. The highest BCUT2D eigenvalue weighted by atomic mass is 79.9. The van der Waals surface area contributed by atoms with Crippen molar-refractivity contribution in [1.82, 2.24) is 0 Å². The van der Waals surface area contributed by atoms with E-state index in [1.807, 2.05) is 0 Å². The third kappa shape index (κ3) is 6.66. The minimum Gasteiger partial charge on any atom is -0.428 e. The number of hydrogen-bond acceptors (Lipinski definition) is 1. The summed E-state index contributed by atoms with van der Waals surface area (Å²) in [7, 11) is 0.891. The minimum atomic E-state index is 0.891. The summed E-state index contributed by atoms with van der Waals surface area (Å²) in [4.78, 5) is 0. The summed E-state index contributed by atoms with van der Waals surface area (Å²) in [6.07, 6.45) is 2.44. The van der Waals surface area contributed by atoms with E-state index in [9.17, 15) is 0 Å². The zero-order valence-electron chi connectivity index (χ0n) is 4.61. The lowest BCUT2D eigenvalue weighted by Crippen LogP contribution is -1.88. The first-order chi connectivity index (χ1) is 3.41. The van der Waals surface area contributed by atoms with Gasteiger partial charge in [-0.25, -0.2) is 0 Å². The first kappa shape index (κ1) is 7.66. The third-order valence-corrected chi connectivity index (χ3v) is 1.70. The van der Waals surface area contributed by atoms with Gasteiger partial charge < -0.3 is 4.43 Å². The van der Waals surface area contributed by atoms with Crippen molar-refractivity contribution in [2.24, 2.45) is 0 Å². The third-order valence-electron chi connectivity index (χ3n) is 0.732. The second kappa shape index (κ2) is 6.66. The van der Waals surface area contributed by atoms with Crippen molar-refractivity contribution in [3.8, 4) is 0 Å². The number of hydrogen-bond donors (Lipinski definition) is 0. The van der Waals surface area contributed by atoms with E-state index in [0.717, 1.165) is 22.4 Å². The van der Waals surface area contributed by atoms with Gasteiger partial charge in [-0.2, -0.15) is 0 Å². The molecule has 0 amide bonds. The van der Waals surface area contributed by atoms with Crippen LogP contribution >= 0.6 is 15.9 Å². The van der Waals surface area contributed by atoms with Crippen molar-refractivity contribution in [1.29, 1.82) is 0 Å². The maximum absolute atomic E-state index is 4.96. The Labute approximate surface area is 56.1 Å². The number of rotatable bonds is 4. The van der Waals surface area contributed by atoms with Crippen LogP contribution in [0.15, 0.2) is 0 Å². The molecule has 0 saturated heterocycles. The van der Waals surface area contributed by atoms with Crippen LogP contribution in [-0.4, -0.2) is 22.4 Å². The molecule has 0 radical (unpaired) electrons. The van der Waals surface area contributed by atoms with Crippen LogP contribution in [0.2, 0.25) is 0 Å². The van der Waals surface area contributed by atoms with Gasteiger partial charge in [0.15, 0.2) is 0 Å². The van der Waals surface area contributed by atoms with Gasteiger partial charge in [0.2, 0.25) is 0 Å². The molecule has 3 heteroatoms. The maximum Gasteiger partial charge on any atom is 0.145 e. The van der Waals surface area contributed by atoms with Gasteiger partial charge in [0, 0.05) is 11.9 Å². The van der Waals surface area contributed by atoms with Crippen LogP contribution in [-0.2, 0) is 4.43 Å². The lowest BCUT2D eigenvalue weighted by molar-refractivity contribution is 0.340. The molecule has 0 aromatic rings. The molecule has 1 nitrogen and oxygen atoms in total. The Hall–Kier alpha value is 0.657. The van der Waals surface area contributed by atoms with E-state index in [4.69, 9.17) is 4.43 Å². The summed E-state index contributed by atoms with van der Waals surface area (Å²) in [6, 6.07) is 0. The second-order valence-electron chi connectivity index (χ2n) is 1.39. The number of halogens is 1. The summed E-state index contributed by atoms with van der Waals surface area (Å²) in [5.74, 6) is 0. The van der Waals surface area contributed by atoms with Crippen LogP contribution in [0.4, 0.5) is 0 Å². The van der Waals surface area contributed by atoms with Gasteiger partial charge in [0.25, 0.3) is 0 Å². The summed E-state index contributed by atoms with van der Waals surface area (Å²) < 4.78 is 4.96. The first-order valence-corrected chi connectivity index (χ1v) is 4.40. The van der Waals surface area contributed by atoms with Crippen LogP contribution in [0.5, 0.6) is 0 Å². The fourth-order valence-electron chi connectivity index (χ4n) is 0.341. The molecular formula is C4H11BrOSi. The van der Waals surface area contributed by atoms with Crippen LogP contribution in [0.1, 0.15) is 12.8 Å². The molecule has 0 spiro atoms. The molecule has 0 bridgehead atoms. The van der Waals surface area contributed by atoms with E-state index in [1.165, 1.54) is 12.8 Å². The Bertz CT molecular complexity index is 30.9. The van der Waals surface area contributed by atoms with E-state index in [2.05, 4.69) is 15.9 Å². The average molecular weight is 183 g/mol. The first-order valence-electron chi connectivity index (χ1n) is 2.46. The predicted molar refractivity (Wildman–Crippen MR) is 38.9 cm³/mol. The smallest absolute Gasteiger partial charge is 0.145 e. The van der Waals surface area contributed by atoms with Crippen molar-refractivity contribution in [3.05, 3.63) is 0 Å². The molecule has 0 rings (SSSR count). The molecule has 0 N–H and O–H groups in total. The topological polar surface area (TPSA) is 9.23 Å². The molecule has 0 heterocycles. The molecule has 0 aromatic carbocycles. The molecule has 44 valence electrons. The number of alkyl halides is 1. The van der Waals surface area contributed by atoms with Gasteiger partial charge in [-0.05, 0) is 12.8 Å². The molecule has 7 heavy (non-hydrogen) atoms. The lowest BCUT2D eigenvalue weighted by atomic mass is 10.4. The molecule has 0 atom stereocenters. The molecule has 0 aliphatic rings. The molecule has 0 aliphatic carbocycles. The summed E-state index contributed by atoms with van der Waals surface area (Å²) in [6.45, 7) is 0.956. The van der Waals surface area contributed by atoms with Crippen molar-refractivity contribution >= 4 is 26.4 Å². The lowest BCUT2D eigenvalue weighted by Gasteiger charge is -1.92. The van der Waals surface area contributed by atoms with Gasteiger partial charge in [0.05, 0.1) is 0 Å². The van der Waals surface area contributed by atoms with Crippen LogP contribution in [0.25, 0.3) is 0 Å². The standard InChI is InChI=1S/C4H11BrOSi/c5-3-1-2-4-6-7/h1-4H2,7H3. The Morgan fingerprint density at radius 1 is 1.43 bits per heavy atom. The molecular weight excluding hydrogens is 172 g/mol. The van der Waals surface area contributed by atoms with Crippen LogP contribution in [0.3, 0.4) is 0 Å². The summed E-state index contributed by atoms with van der Waals surface area (Å²) in [5.41, 5.74) is 0. The molecule has 0 aliphatic heterocycles. The minimum absolute atomic E-state index is 0.891. The second-order valence-corrected chi connectivity index (χ2v) is 2.76. The Balaban J connectivity index is 2.45. The monoisotopic (exact) mass is 182 g/mol. The summed E-state index contributed by atoms with van der Waals surface area (Å²) >= 11 is 3.34. The zero-order valence-corrected chi connectivity index (χ0v) is 8.20. The predicted octanol–water partition coefficient (Wildman–Crippen LogP) is 0.458. The average Bonchev–Trinajstić information content (AvgIpc) is 1.69. The van der Waals surface area contributed by atoms with E-state index >= 15 is 0 Å². The highest BCUT2D eigenvalue weighted by Gasteiger charge is 1.80. The van der Waals surface area contributed by atoms with Crippen molar-refractivity contribution in [2.75, 3.05) is 11.9 Å². The molecule has 0 saturated carbocycles. The number of unbranched alkanes of at least 4 members (excludes halogenated alkanes) is 1. The van der Waals surface area contributed by atoms with Gasteiger partial charge in [-0.3, -0.25) is 0 Å². The zero-order chi connectivity index (χ0) is 5.54. The van der Waals surface area contributed by atoms with Crippen molar-refractivity contribution in [3.63, 3.8) is 0 Å². The van der Waals surface area contributed by atoms with E-state index < -0.39 is 0 Å². The van der Waals surface area contributed by atoms with Crippen molar-refractivity contribution < 1.29 is 4.43 Å². The largest absolute Gasteiger partial charge is 0.428 e. The molecule has 0 unspecified atom stereocenters. The Morgan fingerprint density at radius 3 is 2.57 bits per heavy atom.